The van der Waals surface area contributed by atoms with Gasteiger partial charge < -0.3 is 20.6 Å². The second-order valence-electron chi connectivity index (χ2n) is 9.95. The Bertz CT molecular complexity index is 928. The van der Waals surface area contributed by atoms with Crippen molar-refractivity contribution in [2.45, 2.75) is 70.2 Å². The Morgan fingerprint density at radius 1 is 1.13 bits per heavy atom. The van der Waals surface area contributed by atoms with Crippen LogP contribution in [0, 0.1) is 17.3 Å². The predicted molar refractivity (Wildman–Crippen MR) is 117 cm³/mol. The van der Waals surface area contributed by atoms with Crippen LogP contribution in [0.4, 0.5) is 0 Å². The van der Waals surface area contributed by atoms with Crippen molar-refractivity contribution in [1.82, 2.24) is 5.32 Å². The average Bonchev–Trinajstić information content (AvgIpc) is 3.03. The molecule has 4 nitrogen and oxygen atoms in total. The monoisotopic (exact) mass is 407 g/mol. The lowest BCUT2D eigenvalue weighted by atomic mass is 9.55. The number of aryl methyl sites for hydroxylation is 1. The van der Waals surface area contributed by atoms with E-state index in [1.165, 1.54) is 17.5 Å². The molecule has 0 aliphatic heterocycles. The standard InChI is InChI=1S/C26H33NO3/c1-26-11-10-20-19-8-6-16(15-28)12-17(19)7-9-21(20)22(26)13-23(25(26)30)27-14-18-4-2-3-5-24(18)29/h2-6,8,12,20-23,25,27-30H,7,9-11,13-15H2,1H3/t20?,21?,22?,23-,25+,26-/m0/s1. The molecule has 3 unspecified atom stereocenters. The molecule has 0 amide bonds. The second kappa shape index (κ2) is 7.67. The van der Waals surface area contributed by atoms with Crippen LogP contribution in [0.15, 0.2) is 42.5 Å². The van der Waals surface area contributed by atoms with E-state index in [-0.39, 0.29) is 24.2 Å². The molecule has 2 aromatic carbocycles. The van der Waals surface area contributed by atoms with Gasteiger partial charge in [-0.1, -0.05) is 43.3 Å². The van der Waals surface area contributed by atoms with E-state index in [4.69, 9.17) is 0 Å². The van der Waals surface area contributed by atoms with Crippen molar-refractivity contribution in [2.75, 3.05) is 0 Å². The van der Waals surface area contributed by atoms with Crippen molar-refractivity contribution in [3.05, 3.63) is 64.7 Å². The van der Waals surface area contributed by atoms with Gasteiger partial charge in [0.05, 0.1) is 12.7 Å². The molecule has 2 saturated carbocycles. The molecule has 0 heterocycles. The average molecular weight is 408 g/mol. The molecule has 4 heteroatoms. The van der Waals surface area contributed by atoms with Crippen LogP contribution in [0.1, 0.15) is 60.8 Å². The number of aliphatic hydroxyl groups excluding tert-OH is 2. The van der Waals surface area contributed by atoms with E-state index in [0.29, 0.717) is 30.0 Å². The SMILES string of the molecule is C[C@]12CCC3c4ccc(CO)cc4CCC3C1C[C@H](NCc1ccccc1O)[C@H]2O. The summed E-state index contributed by atoms with van der Waals surface area (Å²) in [6, 6.07) is 14.0. The third-order valence-corrected chi connectivity index (χ3v) is 8.52. The third-order valence-electron chi connectivity index (χ3n) is 8.52. The maximum atomic E-state index is 11.3. The Kier molecular flexibility index (Phi) is 5.12. The Hall–Kier alpha value is -1.88. The van der Waals surface area contributed by atoms with Gasteiger partial charge >= 0.3 is 0 Å². The lowest BCUT2D eigenvalue weighted by Gasteiger charge is -2.50. The van der Waals surface area contributed by atoms with Gasteiger partial charge in [0.15, 0.2) is 0 Å². The highest BCUT2D eigenvalue weighted by atomic mass is 16.3. The number of rotatable bonds is 4. The molecule has 0 spiro atoms. The van der Waals surface area contributed by atoms with Crippen LogP contribution in [0.5, 0.6) is 5.75 Å². The van der Waals surface area contributed by atoms with E-state index < -0.39 is 0 Å². The molecule has 0 radical (unpaired) electrons. The zero-order valence-electron chi connectivity index (χ0n) is 17.7. The highest BCUT2D eigenvalue weighted by molar-refractivity contribution is 5.38. The topological polar surface area (TPSA) is 72.7 Å². The van der Waals surface area contributed by atoms with Gasteiger partial charge in [-0.15, -0.1) is 0 Å². The normalized spacial score (nSPS) is 34.8. The van der Waals surface area contributed by atoms with E-state index in [9.17, 15) is 15.3 Å². The van der Waals surface area contributed by atoms with E-state index in [0.717, 1.165) is 36.8 Å². The van der Waals surface area contributed by atoms with Gasteiger partial charge in [0.25, 0.3) is 0 Å². The number of phenols is 1. The van der Waals surface area contributed by atoms with Crippen molar-refractivity contribution >= 4 is 0 Å². The van der Waals surface area contributed by atoms with Crippen molar-refractivity contribution in [1.29, 1.82) is 0 Å². The van der Waals surface area contributed by atoms with Crippen molar-refractivity contribution in [3.63, 3.8) is 0 Å². The molecule has 2 aromatic rings. The molecular formula is C26H33NO3. The van der Waals surface area contributed by atoms with Crippen molar-refractivity contribution in [3.8, 4) is 5.75 Å². The molecule has 6 atom stereocenters. The van der Waals surface area contributed by atoms with Crippen LogP contribution in [0.2, 0.25) is 0 Å². The van der Waals surface area contributed by atoms with Crippen LogP contribution in [0.25, 0.3) is 0 Å². The van der Waals surface area contributed by atoms with E-state index in [1.807, 2.05) is 18.2 Å². The summed E-state index contributed by atoms with van der Waals surface area (Å²) in [6.07, 6.45) is 5.07. The van der Waals surface area contributed by atoms with Gasteiger partial charge in [0.1, 0.15) is 5.75 Å². The molecule has 0 aromatic heterocycles. The quantitative estimate of drug-likeness (QED) is 0.621. The molecule has 30 heavy (non-hydrogen) atoms. The molecule has 5 rings (SSSR count). The number of hydrogen-bond donors (Lipinski definition) is 4. The van der Waals surface area contributed by atoms with Gasteiger partial charge in [0.2, 0.25) is 0 Å². The van der Waals surface area contributed by atoms with E-state index in [2.05, 4.69) is 30.4 Å². The summed E-state index contributed by atoms with van der Waals surface area (Å²) in [6.45, 7) is 2.99. The fraction of sp³-hybridized carbons (Fsp3) is 0.538. The summed E-state index contributed by atoms with van der Waals surface area (Å²) in [5.74, 6) is 2.01. The number of para-hydroxylation sites is 1. The summed E-state index contributed by atoms with van der Waals surface area (Å²) in [7, 11) is 0. The lowest BCUT2D eigenvalue weighted by molar-refractivity contribution is -0.0281. The maximum Gasteiger partial charge on any atom is 0.120 e. The minimum absolute atomic E-state index is 0.0416. The van der Waals surface area contributed by atoms with Crippen LogP contribution in [0.3, 0.4) is 0 Å². The highest BCUT2D eigenvalue weighted by Gasteiger charge is 2.57. The summed E-state index contributed by atoms with van der Waals surface area (Å²) >= 11 is 0. The molecule has 0 bridgehead atoms. The molecule has 2 fully saturated rings. The number of aromatic hydroxyl groups is 1. The fourth-order valence-corrected chi connectivity index (χ4v) is 6.85. The number of hydrogen-bond acceptors (Lipinski definition) is 4. The molecule has 0 saturated heterocycles. The molecular weight excluding hydrogens is 374 g/mol. The van der Waals surface area contributed by atoms with Gasteiger partial charge in [-0.25, -0.2) is 0 Å². The number of nitrogens with one attached hydrogen (secondary N) is 1. The van der Waals surface area contributed by atoms with Gasteiger partial charge in [0, 0.05) is 18.2 Å². The maximum absolute atomic E-state index is 11.3. The first-order valence-corrected chi connectivity index (χ1v) is 11.4. The Balaban J connectivity index is 1.35. The van der Waals surface area contributed by atoms with E-state index in [1.54, 1.807) is 6.07 Å². The van der Waals surface area contributed by atoms with Gasteiger partial charge in [-0.05, 0) is 78.0 Å². The van der Waals surface area contributed by atoms with Crippen LogP contribution in [-0.4, -0.2) is 27.5 Å². The number of aliphatic hydroxyl groups is 2. The first-order chi connectivity index (χ1) is 14.5. The Morgan fingerprint density at radius 2 is 1.97 bits per heavy atom. The summed E-state index contributed by atoms with van der Waals surface area (Å²) in [4.78, 5) is 0. The summed E-state index contributed by atoms with van der Waals surface area (Å²) in [5, 5.41) is 34.4. The minimum Gasteiger partial charge on any atom is -0.508 e. The fourth-order valence-electron chi connectivity index (χ4n) is 6.85. The summed E-state index contributed by atoms with van der Waals surface area (Å²) < 4.78 is 0. The zero-order valence-corrected chi connectivity index (χ0v) is 17.7. The number of fused-ring (bicyclic) bond motifs is 5. The molecule has 160 valence electrons. The highest BCUT2D eigenvalue weighted by Crippen LogP contribution is 2.60. The van der Waals surface area contributed by atoms with E-state index >= 15 is 0 Å². The molecule has 3 aliphatic carbocycles. The smallest absolute Gasteiger partial charge is 0.120 e. The van der Waals surface area contributed by atoms with Crippen LogP contribution < -0.4 is 5.32 Å². The van der Waals surface area contributed by atoms with Crippen molar-refractivity contribution in [2.24, 2.45) is 17.3 Å². The summed E-state index contributed by atoms with van der Waals surface area (Å²) in [5.41, 5.74) is 4.75. The number of benzene rings is 2. The largest absolute Gasteiger partial charge is 0.508 e. The van der Waals surface area contributed by atoms with Gasteiger partial charge in [-0.3, -0.25) is 0 Å². The first-order valence-electron chi connectivity index (χ1n) is 11.4. The first kappa shape index (κ1) is 20.0. The third kappa shape index (κ3) is 3.17. The number of phenolic OH excluding ortho intramolecular Hbond substituents is 1. The van der Waals surface area contributed by atoms with Gasteiger partial charge in [-0.2, -0.15) is 0 Å². The molecule has 3 aliphatic rings. The lowest BCUT2D eigenvalue weighted by Crippen LogP contribution is -2.46. The second-order valence-corrected chi connectivity index (χ2v) is 9.95. The zero-order chi connectivity index (χ0) is 20.9. The molecule has 4 N–H and O–H groups in total. The van der Waals surface area contributed by atoms with Crippen LogP contribution >= 0.6 is 0 Å². The Labute approximate surface area is 179 Å². The predicted octanol–water partition coefficient (Wildman–Crippen LogP) is 3.87. The van der Waals surface area contributed by atoms with Crippen molar-refractivity contribution < 1.29 is 15.3 Å². The van der Waals surface area contributed by atoms with Crippen LogP contribution in [-0.2, 0) is 19.6 Å². The Morgan fingerprint density at radius 3 is 2.77 bits per heavy atom. The minimum atomic E-state index is -0.354.